The topological polar surface area (TPSA) is 30.2 Å². The van der Waals surface area contributed by atoms with Gasteiger partial charge in [-0.25, -0.2) is 0 Å². The van der Waals surface area contributed by atoms with Crippen LogP contribution in [0.3, 0.4) is 0 Å². The van der Waals surface area contributed by atoms with E-state index < -0.39 is 0 Å². The predicted octanol–water partition coefficient (Wildman–Crippen LogP) is 3.77. The first kappa shape index (κ1) is 10.8. The summed E-state index contributed by atoms with van der Waals surface area (Å²) >= 11 is 0. The molecule has 0 spiro atoms. The van der Waals surface area contributed by atoms with E-state index in [0.29, 0.717) is 0 Å². The molecule has 0 unspecified atom stereocenters. The molecule has 0 aliphatic heterocycles. The van der Waals surface area contributed by atoms with Gasteiger partial charge in [-0.1, -0.05) is 30.3 Å². The normalized spacial score (nSPS) is 10.7. The first-order valence-electron chi connectivity index (χ1n) is 5.84. The number of benzene rings is 1. The molecule has 0 fully saturated rings. The molecule has 3 aromatic rings. The van der Waals surface area contributed by atoms with Crippen LogP contribution in [0.5, 0.6) is 0 Å². The summed E-state index contributed by atoms with van der Waals surface area (Å²) in [5, 5.41) is 0.973. The van der Waals surface area contributed by atoms with E-state index in [1.165, 1.54) is 0 Å². The molecule has 3 rings (SSSR count). The maximum Gasteiger partial charge on any atom is 0.182 e. The first-order valence-corrected chi connectivity index (χ1v) is 5.84. The number of furan rings is 1. The lowest BCUT2D eigenvalue weighted by molar-refractivity contribution is 0.616. The SMILES string of the molecule is Cc1c(-c2ccccc2)c2ccoc2ccc1=O. The quantitative estimate of drug-likeness (QED) is 0.643. The zero-order valence-corrected chi connectivity index (χ0v) is 10.0. The number of fused-ring (bicyclic) bond motifs is 1. The Labute approximate surface area is 105 Å². The van der Waals surface area contributed by atoms with E-state index in [0.717, 1.165) is 27.7 Å². The molecule has 2 aromatic carbocycles. The summed E-state index contributed by atoms with van der Waals surface area (Å²) in [7, 11) is 0. The smallest absolute Gasteiger partial charge is 0.182 e. The second-order valence-corrected chi connectivity index (χ2v) is 4.26. The Kier molecular flexibility index (Phi) is 2.49. The Balaban J connectivity index is 2.51. The predicted molar refractivity (Wildman–Crippen MR) is 72.7 cm³/mol. The number of hydrogen-bond acceptors (Lipinski definition) is 2. The van der Waals surface area contributed by atoms with E-state index >= 15 is 0 Å². The van der Waals surface area contributed by atoms with Crippen molar-refractivity contribution in [3.8, 4) is 11.1 Å². The van der Waals surface area contributed by atoms with E-state index in [1.807, 2.05) is 43.3 Å². The number of hydrogen-bond donors (Lipinski definition) is 0. The van der Waals surface area contributed by atoms with E-state index in [1.54, 1.807) is 18.4 Å². The molecule has 0 N–H and O–H groups in total. The summed E-state index contributed by atoms with van der Waals surface area (Å²) in [6.07, 6.45) is 1.65. The Morgan fingerprint density at radius 2 is 1.72 bits per heavy atom. The zero-order chi connectivity index (χ0) is 12.5. The maximum atomic E-state index is 12.0. The van der Waals surface area contributed by atoms with Crippen molar-refractivity contribution >= 4 is 11.0 Å². The molecule has 1 aromatic heterocycles. The van der Waals surface area contributed by atoms with Crippen LogP contribution in [-0.2, 0) is 0 Å². The van der Waals surface area contributed by atoms with Crippen molar-refractivity contribution in [3.05, 3.63) is 70.6 Å². The fourth-order valence-electron chi connectivity index (χ4n) is 2.23. The molecular weight excluding hydrogens is 224 g/mol. The molecule has 18 heavy (non-hydrogen) atoms. The van der Waals surface area contributed by atoms with Crippen molar-refractivity contribution in [2.24, 2.45) is 0 Å². The van der Waals surface area contributed by atoms with Gasteiger partial charge in [0.1, 0.15) is 5.58 Å². The lowest BCUT2D eigenvalue weighted by Gasteiger charge is -2.03. The van der Waals surface area contributed by atoms with Crippen molar-refractivity contribution in [2.45, 2.75) is 6.92 Å². The van der Waals surface area contributed by atoms with Gasteiger partial charge in [0.2, 0.25) is 0 Å². The highest BCUT2D eigenvalue weighted by molar-refractivity contribution is 5.94. The van der Waals surface area contributed by atoms with Crippen molar-refractivity contribution in [1.82, 2.24) is 0 Å². The van der Waals surface area contributed by atoms with Crippen LogP contribution in [0.15, 0.2) is 64.0 Å². The lowest BCUT2D eigenvalue weighted by atomic mass is 10.00. The molecule has 0 saturated heterocycles. The molecule has 0 atom stereocenters. The van der Waals surface area contributed by atoms with Crippen LogP contribution < -0.4 is 5.43 Å². The lowest BCUT2D eigenvalue weighted by Crippen LogP contribution is -2.00. The summed E-state index contributed by atoms with van der Waals surface area (Å²) in [6.45, 7) is 1.86. The van der Waals surface area contributed by atoms with Crippen LogP contribution in [0, 0.1) is 6.92 Å². The van der Waals surface area contributed by atoms with Crippen LogP contribution >= 0.6 is 0 Å². The molecule has 88 valence electrons. The summed E-state index contributed by atoms with van der Waals surface area (Å²) < 4.78 is 5.41. The summed E-state index contributed by atoms with van der Waals surface area (Å²) in [5.74, 6) is 0. The van der Waals surface area contributed by atoms with Gasteiger partial charge in [-0.05, 0) is 36.2 Å². The van der Waals surface area contributed by atoms with Crippen molar-refractivity contribution in [1.29, 1.82) is 0 Å². The number of rotatable bonds is 1. The first-order chi connectivity index (χ1) is 8.77. The molecule has 1 heterocycles. The van der Waals surface area contributed by atoms with Gasteiger partial charge in [0.25, 0.3) is 0 Å². The monoisotopic (exact) mass is 236 g/mol. The van der Waals surface area contributed by atoms with Gasteiger partial charge >= 0.3 is 0 Å². The van der Waals surface area contributed by atoms with Crippen LogP contribution in [0.4, 0.5) is 0 Å². The van der Waals surface area contributed by atoms with Crippen molar-refractivity contribution in [2.75, 3.05) is 0 Å². The van der Waals surface area contributed by atoms with E-state index in [2.05, 4.69) is 0 Å². The minimum absolute atomic E-state index is 0.0280. The highest BCUT2D eigenvalue weighted by atomic mass is 16.3. The fraction of sp³-hybridized carbons (Fsp3) is 0.0625. The van der Waals surface area contributed by atoms with Gasteiger partial charge in [-0.2, -0.15) is 0 Å². The van der Waals surface area contributed by atoms with E-state index in [4.69, 9.17) is 4.42 Å². The van der Waals surface area contributed by atoms with Gasteiger partial charge in [0.15, 0.2) is 5.43 Å². The van der Waals surface area contributed by atoms with Crippen LogP contribution in [0.1, 0.15) is 5.56 Å². The second kappa shape index (κ2) is 4.15. The maximum absolute atomic E-state index is 12.0. The molecule has 0 radical (unpaired) electrons. The summed E-state index contributed by atoms with van der Waals surface area (Å²) in [6, 6.07) is 15.1. The molecule has 2 heteroatoms. The van der Waals surface area contributed by atoms with Gasteiger partial charge in [-0.15, -0.1) is 0 Å². The molecule has 0 bridgehead atoms. The highest BCUT2D eigenvalue weighted by Gasteiger charge is 2.09. The van der Waals surface area contributed by atoms with Crippen molar-refractivity contribution < 1.29 is 4.42 Å². The third-order valence-electron chi connectivity index (χ3n) is 3.16. The minimum atomic E-state index is 0.0280. The molecule has 2 nitrogen and oxygen atoms in total. The fourth-order valence-corrected chi connectivity index (χ4v) is 2.23. The molecule has 0 aliphatic rings. The van der Waals surface area contributed by atoms with Crippen LogP contribution in [0.2, 0.25) is 0 Å². The zero-order valence-electron chi connectivity index (χ0n) is 10.0. The average Bonchev–Trinajstić information content (AvgIpc) is 2.81. The van der Waals surface area contributed by atoms with Gasteiger partial charge in [0.05, 0.1) is 6.26 Å². The Hall–Kier alpha value is -2.35. The minimum Gasteiger partial charge on any atom is -0.464 e. The summed E-state index contributed by atoms with van der Waals surface area (Å²) in [4.78, 5) is 12.0. The molecule has 0 aliphatic carbocycles. The Bertz CT molecular complexity index is 755. The molecule has 0 saturated carbocycles. The van der Waals surface area contributed by atoms with E-state index in [9.17, 15) is 4.79 Å². The molecular formula is C16H12O2. The van der Waals surface area contributed by atoms with Crippen LogP contribution in [-0.4, -0.2) is 0 Å². The van der Waals surface area contributed by atoms with Crippen molar-refractivity contribution in [3.63, 3.8) is 0 Å². The third kappa shape index (κ3) is 1.63. The third-order valence-corrected chi connectivity index (χ3v) is 3.16. The van der Waals surface area contributed by atoms with E-state index in [-0.39, 0.29) is 5.43 Å². The van der Waals surface area contributed by atoms with Crippen LogP contribution in [0.25, 0.3) is 22.1 Å². The largest absolute Gasteiger partial charge is 0.464 e. The summed E-state index contributed by atoms with van der Waals surface area (Å²) in [5.41, 5.74) is 3.50. The highest BCUT2D eigenvalue weighted by Crippen LogP contribution is 2.29. The standard InChI is InChI=1S/C16H12O2/c1-11-14(17)7-8-15-13(9-10-18-15)16(11)12-5-3-2-4-6-12/h2-10H,1H3. The van der Waals surface area contributed by atoms with Gasteiger partial charge < -0.3 is 4.42 Å². The second-order valence-electron chi connectivity index (χ2n) is 4.26. The average molecular weight is 236 g/mol. The molecule has 0 amide bonds. The van der Waals surface area contributed by atoms with Gasteiger partial charge in [0, 0.05) is 10.9 Å². The van der Waals surface area contributed by atoms with Gasteiger partial charge in [-0.3, -0.25) is 4.79 Å². The Morgan fingerprint density at radius 3 is 2.50 bits per heavy atom. The Morgan fingerprint density at radius 1 is 0.944 bits per heavy atom.